The first-order valence-corrected chi connectivity index (χ1v) is 5.30. The number of hydrogen-bond donors (Lipinski definition) is 0. The van der Waals surface area contributed by atoms with Crippen molar-refractivity contribution < 1.29 is 4.74 Å². The van der Waals surface area contributed by atoms with Gasteiger partial charge < -0.3 is 4.74 Å². The molecule has 0 aliphatic carbocycles. The lowest BCUT2D eigenvalue weighted by molar-refractivity contribution is 0.341. The van der Waals surface area contributed by atoms with Crippen molar-refractivity contribution in [2.75, 3.05) is 6.61 Å². The molecule has 2 aromatic rings. The zero-order valence-electron chi connectivity index (χ0n) is 7.83. The molecule has 0 radical (unpaired) electrons. The summed E-state index contributed by atoms with van der Waals surface area (Å²) in [5.74, 6) is 0.969. The number of ether oxygens (including phenoxy) is 1. The number of hydrogen-bond acceptors (Lipinski definition) is 2. The molecule has 2 heteroatoms. The van der Waals surface area contributed by atoms with Crippen LogP contribution in [-0.4, -0.2) is 6.61 Å². The van der Waals surface area contributed by atoms with Crippen molar-refractivity contribution in [2.45, 2.75) is 13.8 Å². The summed E-state index contributed by atoms with van der Waals surface area (Å²) in [6.07, 6.45) is 0. The molecular weight excluding hydrogens is 180 g/mol. The molecule has 68 valence electrons. The van der Waals surface area contributed by atoms with Crippen LogP contribution in [-0.2, 0) is 0 Å². The third-order valence-corrected chi connectivity index (χ3v) is 3.11. The second-order valence-corrected chi connectivity index (χ2v) is 3.92. The number of rotatable bonds is 2. The molecule has 13 heavy (non-hydrogen) atoms. The maximum atomic E-state index is 5.43. The molecule has 0 amide bonds. The Morgan fingerprint density at radius 2 is 2.23 bits per heavy atom. The first kappa shape index (κ1) is 8.57. The molecule has 1 aromatic heterocycles. The highest BCUT2D eigenvalue weighted by molar-refractivity contribution is 7.17. The Balaban J connectivity index is 2.50. The van der Waals surface area contributed by atoms with Gasteiger partial charge in [0.1, 0.15) is 5.75 Å². The lowest BCUT2D eigenvalue weighted by atomic mass is 10.2. The zero-order chi connectivity index (χ0) is 9.26. The Labute approximate surface area is 82.0 Å². The van der Waals surface area contributed by atoms with Crippen LogP contribution in [0.4, 0.5) is 0 Å². The topological polar surface area (TPSA) is 9.23 Å². The van der Waals surface area contributed by atoms with E-state index in [1.165, 1.54) is 15.6 Å². The molecule has 0 saturated heterocycles. The van der Waals surface area contributed by atoms with Gasteiger partial charge in [0.2, 0.25) is 0 Å². The highest BCUT2D eigenvalue weighted by Crippen LogP contribution is 2.28. The second kappa shape index (κ2) is 3.38. The van der Waals surface area contributed by atoms with Crippen LogP contribution in [0.1, 0.15) is 12.5 Å². The van der Waals surface area contributed by atoms with E-state index in [0.717, 1.165) is 12.4 Å². The average Bonchev–Trinajstić information content (AvgIpc) is 2.48. The van der Waals surface area contributed by atoms with Crippen LogP contribution in [0, 0.1) is 6.92 Å². The fourth-order valence-electron chi connectivity index (χ4n) is 1.40. The summed E-state index contributed by atoms with van der Waals surface area (Å²) in [5.41, 5.74) is 1.35. The van der Waals surface area contributed by atoms with E-state index < -0.39 is 0 Å². The van der Waals surface area contributed by atoms with Crippen LogP contribution >= 0.6 is 11.3 Å². The van der Waals surface area contributed by atoms with Crippen molar-refractivity contribution in [3.05, 3.63) is 29.1 Å². The standard InChI is InChI=1S/C11H12OS/c1-3-12-9-4-5-10-8(2)7-13-11(10)6-9/h4-7H,3H2,1-2H3. The monoisotopic (exact) mass is 192 g/mol. The predicted octanol–water partition coefficient (Wildman–Crippen LogP) is 3.61. The molecule has 2 rings (SSSR count). The van der Waals surface area contributed by atoms with Gasteiger partial charge in [-0.25, -0.2) is 0 Å². The third kappa shape index (κ3) is 1.54. The minimum atomic E-state index is 0.732. The van der Waals surface area contributed by atoms with E-state index in [0.29, 0.717) is 0 Å². The van der Waals surface area contributed by atoms with Gasteiger partial charge in [-0.3, -0.25) is 0 Å². The van der Waals surface area contributed by atoms with Crippen LogP contribution in [0.25, 0.3) is 10.1 Å². The van der Waals surface area contributed by atoms with Gasteiger partial charge in [-0.2, -0.15) is 0 Å². The van der Waals surface area contributed by atoms with Crippen LogP contribution in [0.2, 0.25) is 0 Å². The minimum Gasteiger partial charge on any atom is -0.494 e. The van der Waals surface area contributed by atoms with E-state index in [1.54, 1.807) is 11.3 Å². The number of thiophene rings is 1. The number of benzene rings is 1. The molecule has 0 atom stereocenters. The Hall–Kier alpha value is -1.02. The van der Waals surface area contributed by atoms with Crippen molar-refractivity contribution >= 4 is 21.4 Å². The molecule has 0 spiro atoms. The van der Waals surface area contributed by atoms with E-state index in [1.807, 2.05) is 13.0 Å². The molecule has 0 unspecified atom stereocenters. The van der Waals surface area contributed by atoms with Crippen molar-refractivity contribution in [1.29, 1.82) is 0 Å². The summed E-state index contributed by atoms with van der Waals surface area (Å²) in [6.45, 7) is 4.87. The van der Waals surface area contributed by atoms with Gasteiger partial charge in [-0.1, -0.05) is 0 Å². The maximum absolute atomic E-state index is 5.43. The van der Waals surface area contributed by atoms with Crippen LogP contribution in [0.15, 0.2) is 23.6 Å². The molecule has 1 aromatic carbocycles. The first-order valence-electron chi connectivity index (χ1n) is 4.42. The summed E-state index contributed by atoms with van der Waals surface area (Å²) < 4.78 is 6.74. The normalized spacial score (nSPS) is 10.6. The minimum absolute atomic E-state index is 0.732. The fraction of sp³-hybridized carbons (Fsp3) is 0.273. The molecule has 1 heterocycles. The summed E-state index contributed by atoms with van der Waals surface area (Å²) in [4.78, 5) is 0. The highest BCUT2D eigenvalue weighted by atomic mass is 32.1. The average molecular weight is 192 g/mol. The van der Waals surface area contributed by atoms with Crippen molar-refractivity contribution in [1.82, 2.24) is 0 Å². The van der Waals surface area contributed by atoms with E-state index in [-0.39, 0.29) is 0 Å². The summed E-state index contributed by atoms with van der Waals surface area (Å²) >= 11 is 1.77. The van der Waals surface area contributed by atoms with Crippen LogP contribution < -0.4 is 4.74 Å². The molecule has 0 fully saturated rings. The quantitative estimate of drug-likeness (QED) is 0.706. The SMILES string of the molecule is CCOc1ccc2c(C)csc2c1. The molecule has 0 aliphatic heterocycles. The van der Waals surface area contributed by atoms with Crippen LogP contribution in [0.5, 0.6) is 5.75 Å². The Morgan fingerprint density at radius 3 is 3.00 bits per heavy atom. The van der Waals surface area contributed by atoms with E-state index >= 15 is 0 Å². The predicted molar refractivity (Wildman–Crippen MR) is 57.7 cm³/mol. The third-order valence-electron chi connectivity index (χ3n) is 2.05. The highest BCUT2D eigenvalue weighted by Gasteiger charge is 2.00. The molecule has 1 nitrogen and oxygen atoms in total. The van der Waals surface area contributed by atoms with Gasteiger partial charge in [-0.15, -0.1) is 11.3 Å². The van der Waals surface area contributed by atoms with E-state index in [2.05, 4.69) is 24.4 Å². The molecular formula is C11H12OS. The largest absolute Gasteiger partial charge is 0.494 e. The fourth-order valence-corrected chi connectivity index (χ4v) is 2.37. The summed E-state index contributed by atoms with van der Waals surface area (Å²) in [6, 6.07) is 6.27. The van der Waals surface area contributed by atoms with Crippen molar-refractivity contribution in [3.63, 3.8) is 0 Å². The van der Waals surface area contributed by atoms with Gasteiger partial charge in [-0.05, 0) is 48.4 Å². The van der Waals surface area contributed by atoms with E-state index in [4.69, 9.17) is 4.74 Å². The van der Waals surface area contributed by atoms with Gasteiger partial charge >= 0.3 is 0 Å². The lowest BCUT2D eigenvalue weighted by Crippen LogP contribution is -1.89. The summed E-state index contributed by atoms with van der Waals surface area (Å²) in [7, 11) is 0. The summed E-state index contributed by atoms with van der Waals surface area (Å²) in [5, 5.41) is 3.52. The van der Waals surface area contributed by atoms with E-state index in [9.17, 15) is 0 Å². The molecule has 0 aliphatic rings. The van der Waals surface area contributed by atoms with Crippen molar-refractivity contribution in [3.8, 4) is 5.75 Å². The Kier molecular flexibility index (Phi) is 2.23. The number of aryl methyl sites for hydroxylation is 1. The van der Waals surface area contributed by atoms with Gasteiger partial charge in [0.05, 0.1) is 6.61 Å². The molecule has 0 bridgehead atoms. The first-order chi connectivity index (χ1) is 6.31. The molecule has 0 saturated carbocycles. The Bertz CT molecular complexity index is 417. The smallest absolute Gasteiger partial charge is 0.120 e. The second-order valence-electron chi connectivity index (χ2n) is 3.01. The van der Waals surface area contributed by atoms with Gasteiger partial charge in [0, 0.05) is 4.70 Å². The number of fused-ring (bicyclic) bond motifs is 1. The van der Waals surface area contributed by atoms with Gasteiger partial charge in [0.25, 0.3) is 0 Å². The lowest BCUT2D eigenvalue weighted by Gasteiger charge is -2.01. The zero-order valence-corrected chi connectivity index (χ0v) is 8.65. The Morgan fingerprint density at radius 1 is 1.38 bits per heavy atom. The maximum Gasteiger partial charge on any atom is 0.120 e. The van der Waals surface area contributed by atoms with Gasteiger partial charge in [0.15, 0.2) is 0 Å². The van der Waals surface area contributed by atoms with Crippen LogP contribution in [0.3, 0.4) is 0 Å². The molecule has 0 N–H and O–H groups in total. The van der Waals surface area contributed by atoms with Crippen molar-refractivity contribution in [2.24, 2.45) is 0 Å².